The Balaban J connectivity index is 1.70. The van der Waals surface area contributed by atoms with Crippen LogP contribution < -0.4 is 15.4 Å². The minimum atomic E-state index is -0.275. The largest absolute Gasteiger partial charge is 0.495 e. The molecule has 7 heteroatoms. The van der Waals surface area contributed by atoms with Gasteiger partial charge in [0.2, 0.25) is 0 Å². The van der Waals surface area contributed by atoms with E-state index in [1.165, 1.54) is 6.20 Å². The second kappa shape index (κ2) is 8.08. The summed E-state index contributed by atoms with van der Waals surface area (Å²) in [5.74, 6) is 0.895. The van der Waals surface area contributed by atoms with Crippen LogP contribution in [-0.4, -0.2) is 18.0 Å². The second-order valence-electron chi connectivity index (χ2n) is 5.34. The molecule has 0 saturated carbocycles. The van der Waals surface area contributed by atoms with Crippen molar-refractivity contribution in [3.8, 4) is 5.75 Å². The number of benzene rings is 2. The number of pyridine rings is 1. The van der Waals surface area contributed by atoms with Gasteiger partial charge in [0.05, 0.1) is 28.4 Å². The lowest BCUT2D eigenvalue weighted by atomic mass is 10.2. The van der Waals surface area contributed by atoms with Crippen LogP contribution in [0.4, 0.5) is 17.2 Å². The summed E-state index contributed by atoms with van der Waals surface area (Å²) < 4.78 is 5.23. The number of nitrogens with zero attached hydrogens (tertiary/aromatic N) is 1. The van der Waals surface area contributed by atoms with E-state index in [1.807, 2.05) is 12.1 Å². The van der Waals surface area contributed by atoms with Gasteiger partial charge in [0.25, 0.3) is 5.91 Å². The molecule has 1 heterocycles. The number of carbonyl (C=O) groups is 1. The molecule has 0 atom stereocenters. The SMILES string of the molecule is COc1ccccc1NC(=O)c1ccc(Nc2ccc(Cl)c(Cl)c2)nc1. The first-order chi connectivity index (χ1) is 12.6. The molecule has 0 radical (unpaired) electrons. The average Bonchev–Trinajstić information content (AvgIpc) is 2.66. The normalized spacial score (nSPS) is 10.3. The third-order valence-electron chi connectivity index (χ3n) is 3.57. The second-order valence-corrected chi connectivity index (χ2v) is 6.15. The lowest BCUT2D eigenvalue weighted by molar-refractivity contribution is 0.102. The molecular formula is C19H15Cl2N3O2. The van der Waals surface area contributed by atoms with Gasteiger partial charge in [0, 0.05) is 11.9 Å². The molecule has 0 aliphatic rings. The number of carbonyl (C=O) groups excluding carboxylic acids is 1. The molecule has 0 bridgehead atoms. The maximum absolute atomic E-state index is 12.4. The summed E-state index contributed by atoms with van der Waals surface area (Å²) >= 11 is 11.9. The highest BCUT2D eigenvalue weighted by Gasteiger charge is 2.10. The number of rotatable bonds is 5. The van der Waals surface area contributed by atoms with E-state index in [9.17, 15) is 4.79 Å². The predicted molar refractivity (Wildman–Crippen MR) is 105 cm³/mol. The lowest BCUT2D eigenvalue weighted by Gasteiger charge is -2.10. The standard InChI is InChI=1S/C19H15Cl2N3O2/c1-26-17-5-3-2-4-16(17)24-19(25)12-6-9-18(22-11-12)23-13-7-8-14(20)15(21)10-13/h2-11H,1H3,(H,22,23)(H,24,25). The number of hydrogen-bond acceptors (Lipinski definition) is 4. The van der Waals surface area contributed by atoms with E-state index in [-0.39, 0.29) is 5.91 Å². The van der Waals surface area contributed by atoms with Crippen molar-refractivity contribution < 1.29 is 9.53 Å². The number of methoxy groups -OCH3 is 1. The van der Waals surface area contributed by atoms with Crippen LogP contribution >= 0.6 is 23.2 Å². The summed E-state index contributed by atoms with van der Waals surface area (Å²) in [5.41, 5.74) is 1.77. The molecule has 3 aromatic rings. The van der Waals surface area contributed by atoms with Gasteiger partial charge in [-0.15, -0.1) is 0 Å². The zero-order chi connectivity index (χ0) is 18.5. The van der Waals surface area contributed by atoms with Crippen molar-refractivity contribution in [3.63, 3.8) is 0 Å². The van der Waals surface area contributed by atoms with E-state index >= 15 is 0 Å². The molecule has 0 fully saturated rings. The third-order valence-corrected chi connectivity index (χ3v) is 4.31. The molecule has 2 aromatic carbocycles. The quantitative estimate of drug-likeness (QED) is 0.615. The fraction of sp³-hybridized carbons (Fsp3) is 0.0526. The van der Waals surface area contributed by atoms with E-state index < -0.39 is 0 Å². The highest BCUT2D eigenvalue weighted by molar-refractivity contribution is 6.42. The Morgan fingerprint density at radius 1 is 1.04 bits per heavy atom. The van der Waals surface area contributed by atoms with Crippen molar-refractivity contribution in [1.82, 2.24) is 4.98 Å². The number of nitrogens with one attached hydrogen (secondary N) is 2. The molecule has 132 valence electrons. The van der Waals surface area contributed by atoms with Gasteiger partial charge in [-0.3, -0.25) is 4.79 Å². The highest BCUT2D eigenvalue weighted by atomic mass is 35.5. The Bertz CT molecular complexity index is 930. The van der Waals surface area contributed by atoms with Gasteiger partial charge >= 0.3 is 0 Å². The Kier molecular flexibility index (Phi) is 5.61. The van der Waals surface area contributed by atoms with Crippen LogP contribution in [-0.2, 0) is 0 Å². The molecule has 26 heavy (non-hydrogen) atoms. The number of halogens is 2. The molecule has 0 aliphatic carbocycles. The van der Waals surface area contributed by atoms with Crippen LogP contribution in [0.5, 0.6) is 5.75 Å². The van der Waals surface area contributed by atoms with Gasteiger partial charge in [-0.05, 0) is 42.5 Å². The minimum Gasteiger partial charge on any atom is -0.495 e. The van der Waals surface area contributed by atoms with Crippen LogP contribution in [0.15, 0.2) is 60.8 Å². The van der Waals surface area contributed by atoms with Crippen molar-refractivity contribution in [2.45, 2.75) is 0 Å². The van der Waals surface area contributed by atoms with Crippen molar-refractivity contribution in [2.24, 2.45) is 0 Å². The zero-order valence-corrected chi connectivity index (χ0v) is 15.3. The fourth-order valence-corrected chi connectivity index (χ4v) is 2.56. The minimum absolute atomic E-state index is 0.275. The van der Waals surface area contributed by atoms with Gasteiger partial charge in [-0.1, -0.05) is 35.3 Å². The molecule has 1 amide bonds. The van der Waals surface area contributed by atoms with Gasteiger partial charge in [-0.25, -0.2) is 4.98 Å². The van der Waals surface area contributed by atoms with Gasteiger partial charge in [0.15, 0.2) is 0 Å². The summed E-state index contributed by atoms with van der Waals surface area (Å²) in [6.45, 7) is 0. The first-order valence-electron chi connectivity index (χ1n) is 7.69. The maximum atomic E-state index is 12.4. The number of anilines is 3. The Morgan fingerprint density at radius 2 is 1.85 bits per heavy atom. The van der Waals surface area contributed by atoms with Gasteiger partial charge in [0.1, 0.15) is 11.6 Å². The van der Waals surface area contributed by atoms with Crippen LogP contribution in [0.3, 0.4) is 0 Å². The van der Waals surface area contributed by atoms with E-state index in [4.69, 9.17) is 27.9 Å². The summed E-state index contributed by atoms with van der Waals surface area (Å²) in [5, 5.41) is 6.83. The molecule has 3 rings (SSSR count). The molecular weight excluding hydrogens is 373 g/mol. The van der Waals surface area contributed by atoms with E-state index in [0.717, 1.165) is 5.69 Å². The van der Waals surface area contributed by atoms with Crippen LogP contribution in [0, 0.1) is 0 Å². The monoisotopic (exact) mass is 387 g/mol. The molecule has 1 aromatic heterocycles. The first kappa shape index (κ1) is 18.0. The summed E-state index contributed by atoms with van der Waals surface area (Å²) in [6, 6.07) is 15.8. The lowest BCUT2D eigenvalue weighted by Crippen LogP contribution is -2.13. The summed E-state index contributed by atoms with van der Waals surface area (Å²) in [7, 11) is 1.55. The smallest absolute Gasteiger partial charge is 0.257 e. The van der Waals surface area contributed by atoms with Crippen LogP contribution in [0.25, 0.3) is 0 Å². The Labute approximate surface area is 160 Å². The number of hydrogen-bond donors (Lipinski definition) is 2. The fourth-order valence-electron chi connectivity index (χ4n) is 2.27. The van der Waals surface area contributed by atoms with Gasteiger partial charge < -0.3 is 15.4 Å². The third kappa shape index (κ3) is 4.25. The number of aromatic nitrogens is 1. The molecule has 2 N–H and O–H groups in total. The van der Waals surface area contributed by atoms with Crippen molar-refractivity contribution in [2.75, 3.05) is 17.7 Å². The topological polar surface area (TPSA) is 63.2 Å². The summed E-state index contributed by atoms with van der Waals surface area (Å²) in [4.78, 5) is 16.6. The maximum Gasteiger partial charge on any atom is 0.257 e. The zero-order valence-electron chi connectivity index (χ0n) is 13.8. The van der Waals surface area contributed by atoms with E-state index in [1.54, 1.807) is 49.6 Å². The van der Waals surface area contributed by atoms with E-state index in [2.05, 4.69) is 15.6 Å². The Morgan fingerprint density at radius 3 is 2.54 bits per heavy atom. The molecule has 0 saturated heterocycles. The van der Waals surface area contributed by atoms with E-state index in [0.29, 0.717) is 32.9 Å². The van der Waals surface area contributed by atoms with Crippen molar-refractivity contribution in [1.29, 1.82) is 0 Å². The number of amides is 1. The molecule has 0 aliphatic heterocycles. The van der Waals surface area contributed by atoms with Crippen LogP contribution in [0.1, 0.15) is 10.4 Å². The van der Waals surface area contributed by atoms with Crippen LogP contribution in [0.2, 0.25) is 10.0 Å². The highest BCUT2D eigenvalue weighted by Crippen LogP contribution is 2.27. The van der Waals surface area contributed by atoms with Crippen molar-refractivity contribution in [3.05, 3.63) is 76.4 Å². The number of ether oxygens (including phenoxy) is 1. The predicted octanol–water partition coefficient (Wildman–Crippen LogP) is 5.39. The summed E-state index contributed by atoms with van der Waals surface area (Å²) in [6.07, 6.45) is 1.49. The van der Waals surface area contributed by atoms with Crippen molar-refractivity contribution >= 4 is 46.3 Å². The molecule has 0 unspecified atom stereocenters. The molecule has 5 nitrogen and oxygen atoms in total. The first-order valence-corrected chi connectivity index (χ1v) is 8.45. The Hall–Kier alpha value is -2.76. The number of para-hydroxylation sites is 2. The molecule has 0 spiro atoms. The average molecular weight is 388 g/mol. The van der Waals surface area contributed by atoms with Gasteiger partial charge in [-0.2, -0.15) is 0 Å².